The van der Waals surface area contributed by atoms with Crippen molar-refractivity contribution < 1.29 is 13.2 Å². The average molecular weight is 319 g/mol. The molecule has 0 radical (unpaired) electrons. The number of carbonyl (C=O) groups is 1. The predicted molar refractivity (Wildman–Crippen MR) is 72.6 cm³/mol. The number of sulfonamides is 1. The number of aromatic nitrogens is 2. The smallest absolute Gasteiger partial charge is 0.246 e. The van der Waals surface area contributed by atoms with Crippen LogP contribution in [0.2, 0.25) is 5.28 Å². The molecule has 2 rings (SSSR count). The number of nitrogens with one attached hydrogen (secondary N) is 1. The zero-order valence-corrected chi connectivity index (χ0v) is 12.5. The summed E-state index contributed by atoms with van der Waals surface area (Å²) in [6.45, 7) is 2.09. The largest absolute Gasteiger partial charge is 0.352 e. The third-order valence-corrected chi connectivity index (χ3v) is 5.04. The fourth-order valence-electron chi connectivity index (χ4n) is 2.15. The predicted octanol–water partition coefficient (Wildman–Crippen LogP) is 0.419. The van der Waals surface area contributed by atoms with Gasteiger partial charge in [0, 0.05) is 26.1 Å². The number of hydrogen-bond donors (Lipinski definition) is 1. The van der Waals surface area contributed by atoms with Gasteiger partial charge >= 0.3 is 0 Å². The van der Waals surface area contributed by atoms with Gasteiger partial charge in [-0.25, -0.2) is 18.4 Å². The molecular weight excluding hydrogens is 304 g/mol. The van der Waals surface area contributed by atoms with Gasteiger partial charge in [0.25, 0.3) is 0 Å². The van der Waals surface area contributed by atoms with Gasteiger partial charge in [0.05, 0.1) is 12.4 Å². The molecular formula is C11H15ClN4O3S. The van der Waals surface area contributed by atoms with Gasteiger partial charge in [-0.3, -0.25) is 4.79 Å². The van der Waals surface area contributed by atoms with Gasteiger partial charge < -0.3 is 5.32 Å². The Morgan fingerprint density at radius 2 is 2.10 bits per heavy atom. The summed E-state index contributed by atoms with van der Waals surface area (Å²) in [5, 5.41) is 2.75. The van der Waals surface area contributed by atoms with Crippen LogP contribution >= 0.6 is 11.6 Å². The molecule has 0 saturated carbocycles. The van der Waals surface area contributed by atoms with Gasteiger partial charge in [0.15, 0.2) is 0 Å². The van der Waals surface area contributed by atoms with E-state index in [0.717, 1.165) is 6.42 Å². The number of halogens is 1. The summed E-state index contributed by atoms with van der Waals surface area (Å²) in [6.07, 6.45) is 3.83. The van der Waals surface area contributed by atoms with E-state index in [2.05, 4.69) is 15.3 Å². The molecule has 1 aromatic heterocycles. The topological polar surface area (TPSA) is 92.3 Å². The second-order valence-electron chi connectivity index (χ2n) is 4.59. The molecule has 0 aliphatic carbocycles. The van der Waals surface area contributed by atoms with Crippen molar-refractivity contribution in [3.63, 3.8) is 0 Å². The Balaban J connectivity index is 2.16. The highest BCUT2D eigenvalue weighted by atomic mass is 35.5. The first-order chi connectivity index (χ1) is 9.39. The zero-order valence-electron chi connectivity index (χ0n) is 10.9. The lowest BCUT2D eigenvalue weighted by Gasteiger charge is -2.31. The normalized spacial score (nSPS) is 20.6. The second kappa shape index (κ2) is 6.02. The summed E-state index contributed by atoms with van der Waals surface area (Å²) < 4.78 is 26.2. The molecule has 1 unspecified atom stereocenters. The van der Waals surface area contributed by atoms with Crippen molar-refractivity contribution >= 4 is 27.5 Å². The number of piperidine rings is 1. The zero-order chi connectivity index (χ0) is 14.8. The van der Waals surface area contributed by atoms with Gasteiger partial charge in [-0.15, -0.1) is 0 Å². The van der Waals surface area contributed by atoms with E-state index in [0.29, 0.717) is 13.0 Å². The number of rotatable bonds is 3. The van der Waals surface area contributed by atoms with E-state index < -0.39 is 10.0 Å². The highest BCUT2D eigenvalue weighted by molar-refractivity contribution is 7.89. The summed E-state index contributed by atoms with van der Waals surface area (Å²) >= 11 is 5.55. The molecule has 1 aromatic rings. The minimum absolute atomic E-state index is 0.00119. The molecule has 0 aromatic carbocycles. The minimum Gasteiger partial charge on any atom is -0.352 e. The maximum absolute atomic E-state index is 12.4. The maximum Gasteiger partial charge on any atom is 0.246 e. The van der Waals surface area contributed by atoms with Crippen LogP contribution in [0.3, 0.4) is 0 Å². The van der Waals surface area contributed by atoms with Gasteiger partial charge in [-0.2, -0.15) is 4.31 Å². The van der Waals surface area contributed by atoms with Crippen molar-refractivity contribution in [3.8, 4) is 0 Å². The highest BCUT2D eigenvalue weighted by Crippen LogP contribution is 2.20. The molecule has 0 spiro atoms. The van der Waals surface area contributed by atoms with Crippen LogP contribution in [0, 0.1) is 0 Å². The van der Waals surface area contributed by atoms with E-state index in [-0.39, 0.29) is 28.7 Å². The first-order valence-electron chi connectivity index (χ1n) is 6.14. The standard InChI is InChI=1S/C11H15ClN4O3S/c1-8(17)15-9-3-2-4-16(7-9)20(18,19)10-5-13-11(12)14-6-10/h5-6,9H,2-4,7H2,1H3,(H,15,17). The van der Waals surface area contributed by atoms with Crippen LogP contribution in [0.15, 0.2) is 17.3 Å². The minimum atomic E-state index is -3.65. The lowest BCUT2D eigenvalue weighted by Crippen LogP contribution is -2.49. The van der Waals surface area contributed by atoms with E-state index in [9.17, 15) is 13.2 Å². The lowest BCUT2D eigenvalue weighted by molar-refractivity contribution is -0.119. The Labute approximate surface area is 122 Å². The second-order valence-corrected chi connectivity index (χ2v) is 6.87. The van der Waals surface area contributed by atoms with Gasteiger partial charge in [-0.1, -0.05) is 0 Å². The van der Waals surface area contributed by atoms with Crippen molar-refractivity contribution in [3.05, 3.63) is 17.7 Å². The maximum atomic E-state index is 12.4. The number of hydrogen-bond acceptors (Lipinski definition) is 5. The Kier molecular flexibility index (Phi) is 4.56. The van der Waals surface area contributed by atoms with E-state index in [1.165, 1.54) is 23.6 Å². The molecule has 7 nitrogen and oxygen atoms in total. The van der Waals surface area contributed by atoms with Crippen molar-refractivity contribution in [2.24, 2.45) is 0 Å². The Morgan fingerprint density at radius 1 is 1.45 bits per heavy atom. The molecule has 1 atom stereocenters. The first kappa shape index (κ1) is 15.1. The lowest BCUT2D eigenvalue weighted by atomic mass is 10.1. The SMILES string of the molecule is CC(=O)NC1CCCN(S(=O)(=O)c2cnc(Cl)nc2)C1. The van der Waals surface area contributed by atoms with Crippen molar-refractivity contribution in [1.82, 2.24) is 19.6 Å². The van der Waals surface area contributed by atoms with Crippen LogP contribution < -0.4 is 5.32 Å². The Morgan fingerprint density at radius 3 is 2.70 bits per heavy atom. The van der Waals surface area contributed by atoms with Crippen molar-refractivity contribution in [2.75, 3.05) is 13.1 Å². The van der Waals surface area contributed by atoms with E-state index in [1.807, 2.05) is 0 Å². The summed E-state index contributed by atoms with van der Waals surface area (Å²) in [4.78, 5) is 18.4. The molecule has 1 saturated heterocycles. The fraction of sp³-hybridized carbons (Fsp3) is 0.545. The first-order valence-corrected chi connectivity index (χ1v) is 7.96. The summed E-state index contributed by atoms with van der Waals surface area (Å²) in [6, 6.07) is -0.163. The fourth-order valence-corrected chi connectivity index (χ4v) is 3.66. The van der Waals surface area contributed by atoms with Crippen LogP contribution in [-0.2, 0) is 14.8 Å². The molecule has 1 amide bonds. The van der Waals surface area contributed by atoms with Crippen LogP contribution in [0.5, 0.6) is 0 Å². The van der Waals surface area contributed by atoms with Crippen LogP contribution in [0.1, 0.15) is 19.8 Å². The van der Waals surface area contributed by atoms with Crippen molar-refractivity contribution in [2.45, 2.75) is 30.7 Å². The molecule has 2 heterocycles. The van der Waals surface area contributed by atoms with E-state index in [4.69, 9.17) is 11.6 Å². The monoisotopic (exact) mass is 318 g/mol. The van der Waals surface area contributed by atoms with E-state index >= 15 is 0 Å². The van der Waals surface area contributed by atoms with Crippen LogP contribution in [0.4, 0.5) is 0 Å². The van der Waals surface area contributed by atoms with Crippen LogP contribution in [0.25, 0.3) is 0 Å². The van der Waals surface area contributed by atoms with Gasteiger partial charge in [-0.05, 0) is 24.4 Å². The third-order valence-electron chi connectivity index (χ3n) is 3.03. The Bertz CT molecular complexity index is 590. The third kappa shape index (κ3) is 3.44. The molecule has 1 aliphatic rings. The quantitative estimate of drug-likeness (QED) is 0.815. The molecule has 1 N–H and O–H groups in total. The molecule has 20 heavy (non-hydrogen) atoms. The summed E-state index contributed by atoms with van der Waals surface area (Å²) in [7, 11) is -3.65. The molecule has 0 bridgehead atoms. The number of nitrogens with zero attached hydrogens (tertiary/aromatic N) is 3. The number of amides is 1. The summed E-state index contributed by atoms with van der Waals surface area (Å²) in [5.74, 6) is -0.163. The number of carbonyl (C=O) groups excluding carboxylic acids is 1. The molecule has 110 valence electrons. The molecule has 9 heteroatoms. The van der Waals surface area contributed by atoms with Gasteiger partial charge in [0.2, 0.25) is 21.2 Å². The molecule has 1 aliphatic heterocycles. The van der Waals surface area contributed by atoms with Gasteiger partial charge in [0.1, 0.15) is 4.90 Å². The summed E-state index contributed by atoms with van der Waals surface area (Å²) in [5.41, 5.74) is 0. The highest BCUT2D eigenvalue weighted by Gasteiger charge is 2.31. The van der Waals surface area contributed by atoms with Crippen molar-refractivity contribution in [1.29, 1.82) is 0 Å². The molecule has 1 fully saturated rings. The Hall–Kier alpha value is -1.25. The van der Waals surface area contributed by atoms with E-state index in [1.54, 1.807) is 0 Å². The average Bonchev–Trinajstić information content (AvgIpc) is 2.39. The van der Waals surface area contributed by atoms with Crippen LogP contribution in [-0.4, -0.2) is 47.7 Å².